The van der Waals surface area contributed by atoms with Crippen LogP contribution in [-0.2, 0) is 0 Å². The Morgan fingerprint density at radius 1 is 0.275 bits per heavy atom. The molecular formula is C50H35N. The van der Waals surface area contributed by atoms with Gasteiger partial charge in [0.15, 0.2) is 0 Å². The number of nitrogens with zero attached hydrogens (tertiary/aromatic N) is 1. The first-order chi connectivity index (χ1) is 25.3. The minimum absolute atomic E-state index is 1.10. The topological polar surface area (TPSA) is 3.24 Å². The highest BCUT2D eigenvalue weighted by Crippen LogP contribution is 2.50. The Hall–Kier alpha value is -6.70. The van der Waals surface area contributed by atoms with Crippen molar-refractivity contribution in [2.45, 2.75) is 0 Å². The van der Waals surface area contributed by atoms with E-state index in [1.807, 2.05) is 0 Å². The number of hydrogen-bond acceptors (Lipinski definition) is 1. The van der Waals surface area contributed by atoms with Crippen molar-refractivity contribution in [3.63, 3.8) is 0 Å². The van der Waals surface area contributed by atoms with Gasteiger partial charge in [-0.3, -0.25) is 0 Å². The van der Waals surface area contributed by atoms with E-state index < -0.39 is 0 Å². The molecular weight excluding hydrogens is 615 g/mol. The van der Waals surface area contributed by atoms with Crippen molar-refractivity contribution in [1.82, 2.24) is 0 Å². The van der Waals surface area contributed by atoms with Crippen LogP contribution in [0.25, 0.3) is 66.1 Å². The Balaban J connectivity index is 1.41. The molecule has 51 heavy (non-hydrogen) atoms. The van der Waals surface area contributed by atoms with Gasteiger partial charge in [0, 0.05) is 16.6 Å². The first-order valence-corrected chi connectivity index (χ1v) is 17.5. The van der Waals surface area contributed by atoms with Crippen LogP contribution in [0.1, 0.15) is 0 Å². The van der Waals surface area contributed by atoms with Gasteiger partial charge in [0.05, 0.1) is 11.4 Å². The van der Waals surface area contributed by atoms with Crippen LogP contribution in [0.4, 0.5) is 17.1 Å². The fourth-order valence-electron chi connectivity index (χ4n) is 7.59. The third kappa shape index (κ3) is 5.56. The van der Waals surface area contributed by atoms with Gasteiger partial charge >= 0.3 is 0 Å². The average Bonchev–Trinajstić information content (AvgIpc) is 3.22. The molecule has 9 rings (SSSR count). The van der Waals surface area contributed by atoms with Crippen LogP contribution in [0.15, 0.2) is 212 Å². The number of benzene rings is 9. The van der Waals surface area contributed by atoms with Gasteiger partial charge in [0.25, 0.3) is 0 Å². The van der Waals surface area contributed by atoms with Gasteiger partial charge < -0.3 is 4.90 Å². The van der Waals surface area contributed by atoms with E-state index in [0.717, 1.165) is 17.1 Å². The lowest BCUT2D eigenvalue weighted by atomic mass is 9.84. The summed E-state index contributed by atoms with van der Waals surface area (Å²) in [5.41, 5.74) is 13.0. The highest BCUT2D eigenvalue weighted by atomic mass is 15.1. The van der Waals surface area contributed by atoms with Gasteiger partial charge in [-0.2, -0.15) is 0 Å². The predicted molar refractivity (Wildman–Crippen MR) is 218 cm³/mol. The maximum atomic E-state index is 2.46. The van der Waals surface area contributed by atoms with Crippen molar-refractivity contribution in [1.29, 1.82) is 0 Å². The number of para-hydroxylation sites is 1. The summed E-state index contributed by atoms with van der Waals surface area (Å²) in [6.45, 7) is 0. The van der Waals surface area contributed by atoms with Crippen molar-refractivity contribution in [2.24, 2.45) is 0 Å². The van der Waals surface area contributed by atoms with Crippen molar-refractivity contribution in [3.8, 4) is 44.5 Å². The Kier molecular flexibility index (Phi) is 7.92. The van der Waals surface area contributed by atoms with Crippen LogP contribution in [-0.4, -0.2) is 0 Å². The highest BCUT2D eigenvalue weighted by molar-refractivity contribution is 6.25. The van der Waals surface area contributed by atoms with E-state index >= 15 is 0 Å². The fourth-order valence-corrected chi connectivity index (χ4v) is 7.59. The molecule has 0 N–H and O–H groups in total. The Labute approximate surface area is 299 Å². The third-order valence-electron chi connectivity index (χ3n) is 9.84. The van der Waals surface area contributed by atoms with Crippen LogP contribution in [0, 0.1) is 0 Å². The summed E-state index contributed by atoms with van der Waals surface area (Å²) in [6, 6.07) is 76.6. The second-order valence-corrected chi connectivity index (χ2v) is 12.9. The van der Waals surface area contributed by atoms with E-state index in [4.69, 9.17) is 0 Å². The third-order valence-corrected chi connectivity index (χ3v) is 9.84. The molecule has 0 aliphatic carbocycles. The van der Waals surface area contributed by atoms with E-state index in [2.05, 4.69) is 217 Å². The monoisotopic (exact) mass is 649 g/mol. The van der Waals surface area contributed by atoms with Gasteiger partial charge in [-0.1, -0.05) is 182 Å². The highest BCUT2D eigenvalue weighted by Gasteiger charge is 2.24. The van der Waals surface area contributed by atoms with Crippen molar-refractivity contribution < 1.29 is 0 Å². The van der Waals surface area contributed by atoms with Crippen molar-refractivity contribution >= 4 is 38.6 Å². The zero-order valence-electron chi connectivity index (χ0n) is 28.2. The Morgan fingerprint density at radius 2 is 0.745 bits per heavy atom. The zero-order valence-corrected chi connectivity index (χ0v) is 28.2. The number of fused-ring (bicyclic) bond motifs is 3. The molecule has 240 valence electrons. The van der Waals surface area contributed by atoms with Crippen LogP contribution >= 0.6 is 0 Å². The summed E-state index contributed by atoms with van der Waals surface area (Å²) in [4.78, 5) is 2.46. The molecule has 0 amide bonds. The quantitative estimate of drug-likeness (QED) is 0.155. The predicted octanol–water partition coefficient (Wildman–Crippen LogP) is 14.1. The second-order valence-electron chi connectivity index (χ2n) is 12.9. The first-order valence-electron chi connectivity index (χ1n) is 17.5. The van der Waals surface area contributed by atoms with Gasteiger partial charge in [0.1, 0.15) is 0 Å². The molecule has 1 heteroatoms. The molecule has 0 saturated carbocycles. The average molecular weight is 650 g/mol. The number of rotatable bonds is 7. The lowest BCUT2D eigenvalue weighted by Gasteiger charge is -2.30. The summed E-state index contributed by atoms with van der Waals surface area (Å²) in [5, 5.41) is 4.91. The number of anilines is 3. The molecule has 9 aromatic rings. The molecule has 0 aliphatic rings. The molecule has 0 unspecified atom stereocenters. The van der Waals surface area contributed by atoms with E-state index in [-0.39, 0.29) is 0 Å². The minimum Gasteiger partial charge on any atom is -0.309 e. The van der Waals surface area contributed by atoms with Crippen LogP contribution in [0.2, 0.25) is 0 Å². The van der Waals surface area contributed by atoms with E-state index in [9.17, 15) is 0 Å². The molecule has 1 nitrogen and oxygen atoms in total. The maximum Gasteiger partial charge on any atom is 0.0546 e. The smallest absolute Gasteiger partial charge is 0.0546 e. The van der Waals surface area contributed by atoms with Gasteiger partial charge in [-0.05, 0) is 85.4 Å². The Morgan fingerprint density at radius 3 is 1.35 bits per heavy atom. The van der Waals surface area contributed by atoms with E-state index in [0.29, 0.717) is 0 Å². The van der Waals surface area contributed by atoms with Gasteiger partial charge in [-0.15, -0.1) is 0 Å². The standard InChI is InChI=1S/C50H35N/c1-6-19-36(20-7-1)40-33-34-46(45(35-40)37-21-8-2-9-22-37)51(41-27-14-5-15-28-41)47-32-18-31-44-49(39-25-12-4-13-26-39)48(38-23-10-3-11-24-38)42-29-16-17-30-43(42)50(44)47/h1-35H. The normalized spacial score (nSPS) is 11.1. The molecule has 0 bridgehead atoms. The van der Waals surface area contributed by atoms with E-state index in [1.54, 1.807) is 0 Å². The number of hydrogen-bond donors (Lipinski definition) is 0. The van der Waals surface area contributed by atoms with Gasteiger partial charge in [0.2, 0.25) is 0 Å². The summed E-state index contributed by atoms with van der Waals surface area (Å²) in [5.74, 6) is 0. The molecule has 0 saturated heterocycles. The van der Waals surface area contributed by atoms with Crippen molar-refractivity contribution in [2.75, 3.05) is 4.90 Å². The summed E-state index contributed by atoms with van der Waals surface area (Å²) < 4.78 is 0. The van der Waals surface area contributed by atoms with Crippen LogP contribution in [0.5, 0.6) is 0 Å². The van der Waals surface area contributed by atoms with Crippen LogP contribution < -0.4 is 4.90 Å². The van der Waals surface area contributed by atoms with Crippen LogP contribution in [0.3, 0.4) is 0 Å². The zero-order chi connectivity index (χ0) is 34.0. The Bertz CT molecular complexity index is 2600. The molecule has 9 aromatic carbocycles. The molecule has 0 fully saturated rings. The minimum atomic E-state index is 1.10. The lowest BCUT2D eigenvalue weighted by Crippen LogP contribution is -2.12. The molecule has 0 atom stereocenters. The summed E-state index contributed by atoms with van der Waals surface area (Å²) in [6.07, 6.45) is 0. The van der Waals surface area contributed by atoms with Gasteiger partial charge in [-0.25, -0.2) is 0 Å². The van der Waals surface area contributed by atoms with E-state index in [1.165, 1.54) is 66.1 Å². The van der Waals surface area contributed by atoms with Crippen molar-refractivity contribution in [3.05, 3.63) is 212 Å². The molecule has 0 radical (unpaired) electrons. The summed E-state index contributed by atoms with van der Waals surface area (Å²) in [7, 11) is 0. The molecule has 0 aliphatic heterocycles. The maximum absolute atomic E-state index is 2.46. The first kappa shape index (κ1) is 30.4. The largest absolute Gasteiger partial charge is 0.309 e. The SMILES string of the molecule is c1ccc(-c2ccc(N(c3ccccc3)c3cccc4c(-c5ccccc5)c(-c5ccccc5)c5ccccc5c34)c(-c3ccccc3)c2)cc1. The molecule has 0 heterocycles. The second kappa shape index (κ2) is 13.3. The summed E-state index contributed by atoms with van der Waals surface area (Å²) >= 11 is 0. The fraction of sp³-hybridized carbons (Fsp3) is 0. The lowest BCUT2D eigenvalue weighted by molar-refractivity contribution is 1.30. The molecule has 0 aromatic heterocycles. The molecule has 0 spiro atoms.